The summed E-state index contributed by atoms with van der Waals surface area (Å²) in [7, 11) is -3.62. The van der Waals surface area contributed by atoms with Crippen molar-refractivity contribution < 1.29 is 27.1 Å². The van der Waals surface area contributed by atoms with Gasteiger partial charge in [-0.25, -0.2) is 12.8 Å². The zero-order valence-corrected chi connectivity index (χ0v) is 19.6. The molecule has 1 amide bonds. The van der Waals surface area contributed by atoms with Crippen LogP contribution in [0.1, 0.15) is 43.7 Å². The topological polar surface area (TPSA) is 92.8 Å². The van der Waals surface area contributed by atoms with Gasteiger partial charge in [0.2, 0.25) is 10.0 Å². The molecule has 178 valence electrons. The molecule has 33 heavy (non-hydrogen) atoms. The van der Waals surface area contributed by atoms with Crippen LogP contribution in [0, 0.1) is 11.7 Å². The van der Waals surface area contributed by atoms with Gasteiger partial charge in [0.25, 0.3) is 5.91 Å². The Morgan fingerprint density at radius 1 is 1.06 bits per heavy atom. The molecule has 7 nitrogen and oxygen atoms in total. The summed E-state index contributed by atoms with van der Waals surface area (Å²) in [5.74, 6) is -1.47. The van der Waals surface area contributed by atoms with Crippen molar-refractivity contribution in [1.82, 2.24) is 9.62 Å². The van der Waals surface area contributed by atoms with Crippen molar-refractivity contribution in [1.29, 1.82) is 0 Å². The Bertz CT molecular complexity index is 1060. The van der Waals surface area contributed by atoms with Crippen LogP contribution in [0.25, 0.3) is 0 Å². The minimum Gasteiger partial charge on any atom is -0.455 e. The number of amides is 1. The van der Waals surface area contributed by atoms with Gasteiger partial charge in [0.05, 0.1) is 10.8 Å². The number of nitrogens with zero attached hydrogens (tertiary/aromatic N) is 1. The number of hydrogen-bond acceptors (Lipinski definition) is 5. The number of piperidine rings is 1. The summed E-state index contributed by atoms with van der Waals surface area (Å²) in [6, 6.07) is 12.6. The van der Waals surface area contributed by atoms with Crippen LogP contribution < -0.4 is 5.32 Å². The minimum absolute atomic E-state index is 0.199. The van der Waals surface area contributed by atoms with Crippen molar-refractivity contribution in [2.24, 2.45) is 5.92 Å². The predicted octanol–water partition coefficient (Wildman–Crippen LogP) is 3.21. The molecule has 0 spiro atoms. The molecule has 0 atom stereocenters. The van der Waals surface area contributed by atoms with E-state index < -0.39 is 34.4 Å². The summed E-state index contributed by atoms with van der Waals surface area (Å²) in [5, 5.41) is 2.61. The minimum atomic E-state index is -3.62. The number of benzene rings is 2. The number of hydrogen-bond donors (Lipinski definition) is 1. The van der Waals surface area contributed by atoms with Crippen LogP contribution >= 0.6 is 0 Å². The monoisotopic (exact) mass is 476 g/mol. The molecule has 2 aromatic carbocycles. The van der Waals surface area contributed by atoms with E-state index in [0.29, 0.717) is 18.8 Å². The smallest absolute Gasteiger partial charge is 0.309 e. The Labute approximate surface area is 194 Å². The standard InChI is InChI=1S/C24H29FN2O5S/c1-17(2)19-5-9-22(10-6-19)33(30,31)27-13-11-20(12-14-27)24(29)32-16-23(28)26-15-18-3-7-21(25)8-4-18/h3-10,17,20H,11-16H2,1-2H3,(H,26,28). The van der Waals surface area contributed by atoms with E-state index in [1.165, 1.54) is 16.4 Å². The Kier molecular flexibility index (Phi) is 8.20. The number of halogens is 1. The zero-order valence-electron chi connectivity index (χ0n) is 18.8. The summed E-state index contributed by atoms with van der Waals surface area (Å²) in [5.41, 5.74) is 1.79. The van der Waals surface area contributed by atoms with Gasteiger partial charge in [0, 0.05) is 19.6 Å². The molecule has 0 saturated carbocycles. The van der Waals surface area contributed by atoms with Crippen LogP contribution in [0.2, 0.25) is 0 Å². The fourth-order valence-electron chi connectivity index (χ4n) is 3.61. The maximum Gasteiger partial charge on any atom is 0.309 e. The molecule has 1 fully saturated rings. The zero-order chi connectivity index (χ0) is 24.0. The molecular formula is C24H29FN2O5S. The molecule has 1 aliphatic heterocycles. The highest BCUT2D eigenvalue weighted by Crippen LogP contribution is 2.25. The average molecular weight is 477 g/mol. The molecule has 1 heterocycles. The van der Waals surface area contributed by atoms with Crippen LogP contribution in [0.15, 0.2) is 53.4 Å². The number of rotatable bonds is 8. The van der Waals surface area contributed by atoms with Crippen LogP contribution in [0.3, 0.4) is 0 Å². The third kappa shape index (κ3) is 6.61. The quantitative estimate of drug-likeness (QED) is 0.591. The third-order valence-corrected chi connectivity index (χ3v) is 7.63. The van der Waals surface area contributed by atoms with Crippen molar-refractivity contribution in [3.8, 4) is 0 Å². The first-order valence-electron chi connectivity index (χ1n) is 10.9. The molecule has 0 aromatic heterocycles. The van der Waals surface area contributed by atoms with Crippen LogP contribution in [0.4, 0.5) is 4.39 Å². The molecular weight excluding hydrogens is 447 g/mol. The van der Waals surface area contributed by atoms with Gasteiger partial charge in [-0.05, 0) is 54.2 Å². The van der Waals surface area contributed by atoms with E-state index in [1.54, 1.807) is 24.3 Å². The first-order valence-corrected chi connectivity index (χ1v) is 12.4. The number of esters is 1. The fraction of sp³-hybridized carbons (Fsp3) is 0.417. The Hall–Kier alpha value is -2.78. The number of carbonyl (C=O) groups is 2. The lowest BCUT2D eigenvalue weighted by Gasteiger charge is -2.30. The Morgan fingerprint density at radius 2 is 1.67 bits per heavy atom. The van der Waals surface area contributed by atoms with Gasteiger partial charge >= 0.3 is 5.97 Å². The summed E-state index contributed by atoms with van der Waals surface area (Å²) >= 11 is 0. The van der Waals surface area contributed by atoms with Crippen molar-refractivity contribution in [3.05, 3.63) is 65.5 Å². The van der Waals surface area contributed by atoms with E-state index in [2.05, 4.69) is 5.32 Å². The van der Waals surface area contributed by atoms with Gasteiger partial charge < -0.3 is 10.1 Å². The van der Waals surface area contributed by atoms with Crippen molar-refractivity contribution in [3.63, 3.8) is 0 Å². The van der Waals surface area contributed by atoms with Gasteiger partial charge in [0.1, 0.15) is 5.82 Å². The lowest BCUT2D eigenvalue weighted by Crippen LogP contribution is -2.41. The number of carbonyl (C=O) groups excluding carboxylic acids is 2. The second kappa shape index (κ2) is 10.9. The summed E-state index contributed by atoms with van der Waals surface area (Å²) in [6.07, 6.45) is 0.665. The van der Waals surface area contributed by atoms with E-state index in [9.17, 15) is 22.4 Å². The average Bonchev–Trinajstić information content (AvgIpc) is 2.82. The van der Waals surface area contributed by atoms with Gasteiger partial charge in [-0.3, -0.25) is 9.59 Å². The molecule has 0 aliphatic carbocycles. The highest BCUT2D eigenvalue weighted by atomic mass is 32.2. The molecule has 1 aliphatic rings. The number of ether oxygens (including phenoxy) is 1. The highest BCUT2D eigenvalue weighted by Gasteiger charge is 2.33. The first kappa shape index (κ1) is 24.9. The van der Waals surface area contributed by atoms with Gasteiger partial charge in [-0.15, -0.1) is 0 Å². The number of nitrogens with one attached hydrogen (secondary N) is 1. The Balaban J connectivity index is 1.44. The summed E-state index contributed by atoms with van der Waals surface area (Å²) in [4.78, 5) is 24.5. The molecule has 9 heteroatoms. The predicted molar refractivity (Wildman–Crippen MR) is 121 cm³/mol. The van der Waals surface area contributed by atoms with E-state index >= 15 is 0 Å². The molecule has 1 saturated heterocycles. The Morgan fingerprint density at radius 3 is 2.24 bits per heavy atom. The summed E-state index contributed by atoms with van der Waals surface area (Å²) in [6.45, 7) is 4.30. The molecule has 0 radical (unpaired) electrons. The maximum atomic E-state index is 12.9. The molecule has 3 rings (SSSR count). The van der Waals surface area contributed by atoms with Crippen LogP contribution in [-0.4, -0.2) is 44.3 Å². The highest BCUT2D eigenvalue weighted by molar-refractivity contribution is 7.89. The second-order valence-corrected chi connectivity index (χ2v) is 10.4. The molecule has 0 bridgehead atoms. The van der Waals surface area contributed by atoms with Crippen molar-refractivity contribution in [2.45, 2.75) is 44.0 Å². The molecule has 2 aromatic rings. The van der Waals surface area contributed by atoms with Crippen LogP contribution in [-0.2, 0) is 30.9 Å². The van der Waals surface area contributed by atoms with Gasteiger partial charge in [0.15, 0.2) is 6.61 Å². The lowest BCUT2D eigenvalue weighted by molar-refractivity contribution is -0.153. The maximum absolute atomic E-state index is 12.9. The van der Waals surface area contributed by atoms with Crippen LogP contribution in [0.5, 0.6) is 0 Å². The normalized spacial score (nSPS) is 15.4. The third-order valence-electron chi connectivity index (χ3n) is 5.72. The van der Waals surface area contributed by atoms with Crippen molar-refractivity contribution in [2.75, 3.05) is 19.7 Å². The van der Waals surface area contributed by atoms with E-state index in [4.69, 9.17) is 4.74 Å². The van der Waals surface area contributed by atoms with E-state index in [0.717, 1.165) is 11.1 Å². The fourth-order valence-corrected chi connectivity index (χ4v) is 5.08. The van der Waals surface area contributed by atoms with Gasteiger partial charge in [-0.1, -0.05) is 38.1 Å². The SMILES string of the molecule is CC(C)c1ccc(S(=O)(=O)N2CCC(C(=O)OCC(=O)NCc3ccc(F)cc3)CC2)cc1. The van der Waals surface area contributed by atoms with Gasteiger partial charge in [-0.2, -0.15) is 4.31 Å². The van der Waals surface area contributed by atoms with E-state index in [-0.39, 0.29) is 30.3 Å². The molecule has 0 unspecified atom stereocenters. The molecule has 1 N–H and O–H groups in total. The first-order chi connectivity index (χ1) is 15.7. The lowest BCUT2D eigenvalue weighted by atomic mass is 9.98. The second-order valence-electron chi connectivity index (χ2n) is 8.41. The summed E-state index contributed by atoms with van der Waals surface area (Å²) < 4.78 is 45.2. The van der Waals surface area contributed by atoms with E-state index in [1.807, 2.05) is 26.0 Å². The largest absolute Gasteiger partial charge is 0.455 e. The van der Waals surface area contributed by atoms with Crippen molar-refractivity contribution >= 4 is 21.9 Å². The number of sulfonamides is 1.